The SMILES string of the molecule is C1=C(c2nc(-c3ccccc3)nc(-c3ccc4ccccc4c3)n2)c2c(oc3cc4ccccc4cc23)NC1c1ccc2ccccc2c1. The molecular weight excluding hydrogens is 601 g/mol. The van der Waals surface area contributed by atoms with E-state index >= 15 is 0 Å². The number of anilines is 1. The molecule has 0 aliphatic carbocycles. The highest BCUT2D eigenvalue weighted by atomic mass is 16.4. The predicted molar refractivity (Wildman–Crippen MR) is 199 cm³/mol. The van der Waals surface area contributed by atoms with Gasteiger partial charge in [0.15, 0.2) is 17.5 Å². The van der Waals surface area contributed by atoms with Crippen LogP contribution in [-0.2, 0) is 0 Å². The smallest absolute Gasteiger partial charge is 0.202 e. The van der Waals surface area contributed by atoms with Crippen LogP contribution in [0.2, 0.25) is 0 Å². The average Bonchev–Trinajstić information content (AvgIpc) is 3.53. The first-order valence-electron chi connectivity index (χ1n) is 16.5. The molecular formula is C44H28N4O. The molecule has 1 aliphatic heterocycles. The first kappa shape index (κ1) is 27.5. The minimum absolute atomic E-state index is 0.178. The fraction of sp³-hybridized carbons (Fsp3) is 0.0227. The lowest BCUT2D eigenvalue weighted by atomic mass is 9.92. The van der Waals surface area contributed by atoms with Gasteiger partial charge in [-0.05, 0) is 68.2 Å². The van der Waals surface area contributed by atoms with Gasteiger partial charge in [0, 0.05) is 22.1 Å². The number of furan rings is 1. The average molecular weight is 629 g/mol. The van der Waals surface area contributed by atoms with Crippen LogP contribution in [0.25, 0.3) is 71.6 Å². The molecule has 0 spiro atoms. The first-order valence-corrected chi connectivity index (χ1v) is 16.5. The van der Waals surface area contributed by atoms with Gasteiger partial charge < -0.3 is 9.73 Å². The summed E-state index contributed by atoms with van der Waals surface area (Å²) in [5, 5.41) is 11.7. The molecule has 2 aromatic heterocycles. The molecule has 230 valence electrons. The van der Waals surface area contributed by atoms with Crippen molar-refractivity contribution in [2.24, 2.45) is 0 Å². The number of hydrogen-bond donors (Lipinski definition) is 1. The van der Waals surface area contributed by atoms with Crippen LogP contribution in [0.1, 0.15) is 23.0 Å². The molecule has 9 aromatic rings. The summed E-state index contributed by atoms with van der Waals surface area (Å²) in [5.74, 6) is 2.54. The molecule has 3 heterocycles. The molecule has 0 saturated carbocycles. The van der Waals surface area contributed by atoms with Crippen molar-refractivity contribution in [1.82, 2.24) is 15.0 Å². The Labute approximate surface area is 282 Å². The van der Waals surface area contributed by atoms with Gasteiger partial charge in [-0.15, -0.1) is 0 Å². The number of benzene rings is 7. The summed E-state index contributed by atoms with van der Waals surface area (Å²) >= 11 is 0. The highest BCUT2D eigenvalue weighted by Crippen LogP contribution is 2.45. The Morgan fingerprint density at radius 2 is 1.04 bits per heavy atom. The Kier molecular flexibility index (Phi) is 6.18. The molecule has 0 saturated heterocycles. The van der Waals surface area contributed by atoms with Crippen LogP contribution in [0, 0.1) is 0 Å². The standard InChI is InChI=1S/C44H28N4O/c1-2-12-29(13-3-1)41-46-42(35-21-19-28-11-5-7-15-31(28)23-35)48-43(47-41)37-26-38(34-20-18-27-10-4-6-14-30(27)22-34)45-44-40(37)36-24-32-16-8-9-17-33(32)25-39(36)49-44/h1-26,38,45H. The molecule has 1 atom stereocenters. The molecule has 0 radical (unpaired) electrons. The third kappa shape index (κ3) is 4.75. The Hall–Kier alpha value is -6.59. The highest BCUT2D eigenvalue weighted by molar-refractivity contribution is 6.06. The second-order valence-corrected chi connectivity index (χ2v) is 12.5. The van der Waals surface area contributed by atoms with Crippen LogP contribution >= 0.6 is 0 Å². The van der Waals surface area contributed by atoms with Crippen LogP contribution < -0.4 is 5.32 Å². The van der Waals surface area contributed by atoms with Crippen molar-refractivity contribution in [1.29, 1.82) is 0 Å². The van der Waals surface area contributed by atoms with Crippen LogP contribution in [-0.4, -0.2) is 15.0 Å². The van der Waals surface area contributed by atoms with Gasteiger partial charge in [0.05, 0.1) is 11.6 Å². The number of nitrogens with zero attached hydrogens (tertiary/aromatic N) is 3. The van der Waals surface area contributed by atoms with E-state index in [1.807, 2.05) is 30.3 Å². The van der Waals surface area contributed by atoms with Gasteiger partial charge in [-0.25, -0.2) is 15.0 Å². The largest absolute Gasteiger partial charge is 0.440 e. The molecule has 5 nitrogen and oxygen atoms in total. The van der Waals surface area contributed by atoms with E-state index in [1.54, 1.807) is 0 Å². The molecule has 7 aromatic carbocycles. The van der Waals surface area contributed by atoms with Crippen LogP contribution in [0.3, 0.4) is 0 Å². The van der Waals surface area contributed by atoms with E-state index < -0.39 is 0 Å². The van der Waals surface area contributed by atoms with Crippen molar-refractivity contribution in [2.45, 2.75) is 6.04 Å². The summed E-state index contributed by atoms with van der Waals surface area (Å²) in [6.45, 7) is 0. The van der Waals surface area contributed by atoms with Crippen molar-refractivity contribution in [3.63, 3.8) is 0 Å². The lowest BCUT2D eigenvalue weighted by Crippen LogP contribution is -2.15. The van der Waals surface area contributed by atoms with Crippen LogP contribution in [0.4, 0.5) is 5.88 Å². The summed E-state index contributed by atoms with van der Waals surface area (Å²) in [4.78, 5) is 15.5. The molecule has 1 aliphatic rings. The quantitative estimate of drug-likeness (QED) is 0.210. The minimum atomic E-state index is -0.178. The van der Waals surface area contributed by atoms with Crippen LogP contribution in [0.15, 0.2) is 162 Å². The van der Waals surface area contributed by atoms with Crippen molar-refractivity contribution in [2.75, 3.05) is 5.32 Å². The molecule has 5 heteroatoms. The van der Waals surface area contributed by atoms with Crippen molar-refractivity contribution >= 4 is 54.7 Å². The van der Waals surface area contributed by atoms with Crippen molar-refractivity contribution in [3.8, 4) is 22.8 Å². The Balaban J connectivity index is 1.23. The molecule has 1 N–H and O–H groups in total. The lowest BCUT2D eigenvalue weighted by Gasteiger charge is -2.23. The fourth-order valence-electron chi connectivity index (χ4n) is 7.02. The zero-order valence-corrected chi connectivity index (χ0v) is 26.3. The summed E-state index contributed by atoms with van der Waals surface area (Å²) in [7, 11) is 0. The number of aromatic nitrogens is 3. The molecule has 0 amide bonds. The van der Waals surface area contributed by atoms with E-state index in [2.05, 4.69) is 133 Å². The normalized spacial score (nSPS) is 14.2. The number of rotatable bonds is 4. The zero-order chi connectivity index (χ0) is 32.3. The summed E-state index contributed by atoms with van der Waals surface area (Å²) in [6.07, 6.45) is 2.24. The summed E-state index contributed by atoms with van der Waals surface area (Å²) in [6, 6.07) is 52.4. The molecule has 0 fully saturated rings. The maximum Gasteiger partial charge on any atom is 0.202 e. The van der Waals surface area contributed by atoms with E-state index in [4.69, 9.17) is 19.4 Å². The first-order chi connectivity index (χ1) is 24.2. The van der Waals surface area contributed by atoms with Gasteiger partial charge >= 0.3 is 0 Å². The third-order valence-electron chi connectivity index (χ3n) is 9.49. The number of hydrogen-bond acceptors (Lipinski definition) is 5. The summed E-state index contributed by atoms with van der Waals surface area (Å²) < 4.78 is 6.64. The Bertz CT molecular complexity index is 2760. The monoisotopic (exact) mass is 628 g/mol. The lowest BCUT2D eigenvalue weighted by molar-refractivity contribution is 0.618. The van der Waals surface area contributed by atoms with Crippen LogP contribution in [0.5, 0.6) is 0 Å². The number of nitrogens with one attached hydrogen (secondary N) is 1. The van der Waals surface area contributed by atoms with E-state index in [-0.39, 0.29) is 6.04 Å². The molecule has 49 heavy (non-hydrogen) atoms. The second-order valence-electron chi connectivity index (χ2n) is 12.5. The third-order valence-corrected chi connectivity index (χ3v) is 9.49. The van der Waals surface area contributed by atoms with Gasteiger partial charge in [0.1, 0.15) is 5.58 Å². The van der Waals surface area contributed by atoms with E-state index in [1.165, 1.54) is 16.2 Å². The minimum Gasteiger partial charge on any atom is -0.440 e. The molecule has 1 unspecified atom stereocenters. The number of fused-ring (bicyclic) bond motifs is 6. The predicted octanol–water partition coefficient (Wildman–Crippen LogP) is 11.0. The fourth-order valence-corrected chi connectivity index (χ4v) is 7.02. The van der Waals surface area contributed by atoms with E-state index in [0.29, 0.717) is 23.4 Å². The molecule has 0 bridgehead atoms. The second kappa shape index (κ2) is 11.0. The summed E-state index contributed by atoms with van der Waals surface area (Å²) in [5.41, 5.74) is 5.66. The van der Waals surface area contributed by atoms with Gasteiger partial charge in [0.25, 0.3) is 0 Å². The highest BCUT2D eigenvalue weighted by Gasteiger charge is 2.30. The van der Waals surface area contributed by atoms with E-state index in [0.717, 1.165) is 55.0 Å². The maximum atomic E-state index is 6.64. The zero-order valence-electron chi connectivity index (χ0n) is 26.3. The maximum absolute atomic E-state index is 6.64. The van der Waals surface area contributed by atoms with Gasteiger partial charge in [0.2, 0.25) is 5.88 Å². The van der Waals surface area contributed by atoms with Crippen molar-refractivity contribution < 1.29 is 4.42 Å². The Morgan fingerprint density at radius 3 is 1.78 bits per heavy atom. The Morgan fingerprint density at radius 1 is 0.469 bits per heavy atom. The van der Waals surface area contributed by atoms with Gasteiger partial charge in [-0.3, -0.25) is 0 Å². The topological polar surface area (TPSA) is 63.8 Å². The molecule has 10 rings (SSSR count). The van der Waals surface area contributed by atoms with Gasteiger partial charge in [-0.2, -0.15) is 0 Å². The van der Waals surface area contributed by atoms with Crippen molar-refractivity contribution in [3.05, 3.63) is 175 Å². The van der Waals surface area contributed by atoms with E-state index in [9.17, 15) is 0 Å². The van der Waals surface area contributed by atoms with Gasteiger partial charge in [-0.1, -0.05) is 127 Å².